The number of nitro groups is 1. The predicted molar refractivity (Wildman–Crippen MR) is 36.9 cm³/mol. The summed E-state index contributed by atoms with van der Waals surface area (Å²) >= 11 is 0.782. The van der Waals surface area contributed by atoms with Gasteiger partial charge in [-0.2, -0.15) is 0 Å². The molecule has 0 saturated heterocycles. The molecule has 0 unspecified atom stereocenters. The Bertz CT molecular complexity index is 201. The molecule has 0 aliphatic carbocycles. The number of hydrogen-bond donors (Lipinski definition) is 3. The maximum absolute atomic E-state index is 10.1. The molecule has 0 fully saturated rings. The molecule has 0 saturated carbocycles. The molecule has 10 heavy (non-hydrogen) atoms. The van der Waals surface area contributed by atoms with Gasteiger partial charge in [-0.05, 0) is 0 Å². The molecule has 0 spiro atoms. The normalized spacial score (nSPS) is 21.6. The van der Waals surface area contributed by atoms with Gasteiger partial charge in [0.1, 0.15) is 0 Å². The lowest BCUT2D eigenvalue weighted by Crippen LogP contribution is -2.53. The van der Waals surface area contributed by atoms with Crippen LogP contribution in [0.4, 0.5) is 0 Å². The van der Waals surface area contributed by atoms with Crippen LogP contribution in [0.15, 0.2) is 11.2 Å². The molecule has 1 heterocycles. The van der Waals surface area contributed by atoms with E-state index in [4.69, 9.17) is 11.5 Å². The summed E-state index contributed by atoms with van der Waals surface area (Å²) in [4.78, 5) is 9.51. The fourth-order valence-electron chi connectivity index (χ4n) is 0.496. The van der Waals surface area contributed by atoms with E-state index in [1.807, 2.05) is 0 Å². The number of nitrogens with one attached hydrogen (secondary N) is 1. The SMILES string of the molecule is NC1(N)NC=C([N+](=O)[O-])S1. The third kappa shape index (κ3) is 1.38. The van der Waals surface area contributed by atoms with Gasteiger partial charge in [0.15, 0.2) is 5.12 Å². The minimum Gasteiger partial charge on any atom is -0.346 e. The second-order valence-corrected chi connectivity index (χ2v) is 3.08. The van der Waals surface area contributed by atoms with E-state index in [1.54, 1.807) is 0 Å². The van der Waals surface area contributed by atoms with Crippen LogP contribution < -0.4 is 16.8 Å². The average molecular weight is 162 g/mol. The number of nitrogens with zero attached hydrogens (tertiary/aromatic N) is 1. The van der Waals surface area contributed by atoms with Gasteiger partial charge in [0, 0.05) is 11.8 Å². The highest BCUT2D eigenvalue weighted by Crippen LogP contribution is 2.26. The van der Waals surface area contributed by atoms with Crippen LogP contribution in [-0.4, -0.2) is 10.0 Å². The minimum atomic E-state index is -1.22. The van der Waals surface area contributed by atoms with Crippen LogP contribution in [-0.2, 0) is 0 Å². The first-order valence-corrected chi connectivity index (χ1v) is 3.22. The van der Waals surface area contributed by atoms with Crippen molar-refractivity contribution < 1.29 is 4.92 Å². The Kier molecular flexibility index (Phi) is 1.55. The number of hydrogen-bond acceptors (Lipinski definition) is 6. The van der Waals surface area contributed by atoms with Gasteiger partial charge >= 0.3 is 5.03 Å². The predicted octanol–water partition coefficient (Wildman–Crippen LogP) is -1.07. The minimum absolute atomic E-state index is 0.0648. The molecule has 56 valence electrons. The lowest BCUT2D eigenvalue weighted by molar-refractivity contribution is -0.410. The summed E-state index contributed by atoms with van der Waals surface area (Å²) in [5, 5.41) is 11.2. The summed E-state index contributed by atoms with van der Waals surface area (Å²) in [5.41, 5.74) is 10.6. The Hall–Kier alpha value is -0.790. The standard InChI is InChI=1S/C3H6N4O2S/c4-3(5)6-1-2(10-3)7(8)9/h1,6H,4-5H2. The fourth-order valence-corrected chi connectivity index (χ4v) is 1.15. The van der Waals surface area contributed by atoms with E-state index in [0.717, 1.165) is 11.8 Å². The van der Waals surface area contributed by atoms with Gasteiger partial charge in [-0.15, -0.1) is 0 Å². The van der Waals surface area contributed by atoms with Crippen molar-refractivity contribution >= 4 is 11.8 Å². The van der Waals surface area contributed by atoms with Crippen LogP contribution in [0.2, 0.25) is 0 Å². The van der Waals surface area contributed by atoms with Crippen molar-refractivity contribution in [3.05, 3.63) is 21.3 Å². The molecule has 0 aromatic rings. The Labute approximate surface area is 60.8 Å². The van der Waals surface area contributed by atoms with E-state index in [1.165, 1.54) is 6.20 Å². The van der Waals surface area contributed by atoms with E-state index in [9.17, 15) is 10.1 Å². The first kappa shape index (κ1) is 7.32. The van der Waals surface area contributed by atoms with Crippen molar-refractivity contribution in [1.29, 1.82) is 0 Å². The quantitative estimate of drug-likeness (QED) is 0.257. The topological polar surface area (TPSA) is 107 Å². The highest BCUT2D eigenvalue weighted by Gasteiger charge is 2.33. The van der Waals surface area contributed by atoms with Crippen molar-refractivity contribution in [2.45, 2.75) is 5.12 Å². The summed E-state index contributed by atoms with van der Waals surface area (Å²) in [6.07, 6.45) is 1.19. The van der Waals surface area contributed by atoms with Crippen LogP contribution in [0.3, 0.4) is 0 Å². The average Bonchev–Trinajstić information content (AvgIpc) is 2.10. The first-order chi connectivity index (χ1) is 4.51. The third-order valence-corrected chi connectivity index (χ3v) is 1.81. The second-order valence-electron chi connectivity index (χ2n) is 1.78. The summed E-state index contributed by atoms with van der Waals surface area (Å²) < 4.78 is 0. The van der Waals surface area contributed by atoms with Gasteiger partial charge in [-0.1, -0.05) is 0 Å². The van der Waals surface area contributed by atoms with Crippen molar-refractivity contribution in [3.8, 4) is 0 Å². The lowest BCUT2D eigenvalue weighted by atomic mass is 10.8. The number of nitrogens with two attached hydrogens (primary N) is 2. The van der Waals surface area contributed by atoms with Gasteiger partial charge in [-0.3, -0.25) is 21.6 Å². The molecule has 5 N–H and O–H groups in total. The summed E-state index contributed by atoms with van der Waals surface area (Å²) in [6.45, 7) is 0. The molecule has 1 rings (SSSR count). The summed E-state index contributed by atoms with van der Waals surface area (Å²) in [5.74, 6) is 0. The summed E-state index contributed by atoms with van der Waals surface area (Å²) in [6, 6.07) is 0. The van der Waals surface area contributed by atoms with Crippen LogP contribution in [0.1, 0.15) is 0 Å². The Morgan fingerprint density at radius 1 is 1.80 bits per heavy atom. The maximum Gasteiger partial charge on any atom is 0.323 e. The zero-order valence-electron chi connectivity index (χ0n) is 4.90. The van der Waals surface area contributed by atoms with E-state index in [2.05, 4.69) is 5.32 Å². The fraction of sp³-hybridized carbons (Fsp3) is 0.333. The number of rotatable bonds is 1. The molecule has 0 aromatic carbocycles. The van der Waals surface area contributed by atoms with Gasteiger partial charge in [0.25, 0.3) is 0 Å². The zero-order valence-corrected chi connectivity index (χ0v) is 5.72. The smallest absolute Gasteiger partial charge is 0.323 e. The van der Waals surface area contributed by atoms with Gasteiger partial charge < -0.3 is 5.32 Å². The maximum atomic E-state index is 10.1. The van der Waals surface area contributed by atoms with Crippen molar-refractivity contribution in [2.75, 3.05) is 0 Å². The molecule has 0 bridgehead atoms. The van der Waals surface area contributed by atoms with Gasteiger partial charge in [0.05, 0.1) is 11.1 Å². The molecule has 0 radical (unpaired) electrons. The Morgan fingerprint density at radius 2 is 2.40 bits per heavy atom. The third-order valence-electron chi connectivity index (χ3n) is 0.875. The highest BCUT2D eigenvalue weighted by atomic mass is 32.2. The summed E-state index contributed by atoms with van der Waals surface area (Å²) in [7, 11) is 0. The van der Waals surface area contributed by atoms with Gasteiger partial charge in [-0.25, -0.2) is 0 Å². The second kappa shape index (κ2) is 2.11. The van der Waals surface area contributed by atoms with E-state index >= 15 is 0 Å². The van der Waals surface area contributed by atoms with Crippen molar-refractivity contribution in [2.24, 2.45) is 11.5 Å². The van der Waals surface area contributed by atoms with E-state index in [0.29, 0.717) is 0 Å². The Morgan fingerprint density at radius 3 is 2.60 bits per heavy atom. The van der Waals surface area contributed by atoms with Crippen LogP contribution in [0.25, 0.3) is 0 Å². The molecule has 6 nitrogen and oxygen atoms in total. The first-order valence-electron chi connectivity index (χ1n) is 2.40. The molecule has 1 aliphatic rings. The Balaban J connectivity index is 2.64. The lowest BCUT2D eigenvalue weighted by Gasteiger charge is -2.14. The highest BCUT2D eigenvalue weighted by molar-refractivity contribution is 8.04. The molecule has 0 amide bonds. The van der Waals surface area contributed by atoms with Crippen LogP contribution in [0.5, 0.6) is 0 Å². The molecule has 1 aliphatic heterocycles. The van der Waals surface area contributed by atoms with Crippen LogP contribution in [0, 0.1) is 10.1 Å². The van der Waals surface area contributed by atoms with Crippen molar-refractivity contribution in [1.82, 2.24) is 5.32 Å². The molecular weight excluding hydrogens is 156 g/mol. The molecule has 0 atom stereocenters. The van der Waals surface area contributed by atoms with E-state index < -0.39 is 10.0 Å². The molecule has 7 heteroatoms. The van der Waals surface area contributed by atoms with Crippen LogP contribution >= 0.6 is 11.8 Å². The van der Waals surface area contributed by atoms with Crippen molar-refractivity contribution in [3.63, 3.8) is 0 Å². The monoisotopic (exact) mass is 162 g/mol. The van der Waals surface area contributed by atoms with E-state index in [-0.39, 0.29) is 5.03 Å². The molecule has 0 aromatic heterocycles. The zero-order chi connectivity index (χ0) is 7.78. The number of thioether (sulfide) groups is 1. The largest absolute Gasteiger partial charge is 0.346 e. The van der Waals surface area contributed by atoms with Gasteiger partial charge in [0.2, 0.25) is 0 Å². The molecular formula is C3H6N4O2S.